The van der Waals surface area contributed by atoms with E-state index in [1.165, 1.54) is 26.7 Å². The van der Waals surface area contributed by atoms with Crippen molar-refractivity contribution in [1.82, 2.24) is 0 Å². The normalized spacial score (nSPS) is 11.9. The van der Waals surface area contributed by atoms with Gasteiger partial charge in [-0.1, -0.05) is 24.3 Å². The topological polar surface area (TPSA) is 105 Å². The zero-order chi connectivity index (χ0) is 26.8. The van der Waals surface area contributed by atoms with Gasteiger partial charge in [0.05, 0.1) is 50.3 Å². The molecule has 0 aliphatic heterocycles. The fourth-order valence-corrected chi connectivity index (χ4v) is 4.63. The average Bonchev–Trinajstić information content (AvgIpc) is 2.96. The van der Waals surface area contributed by atoms with Gasteiger partial charge in [0, 0.05) is 17.0 Å². The number of hydrogen-bond donors (Lipinski definition) is 0. The lowest BCUT2D eigenvalue weighted by Crippen LogP contribution is -2.19. The Morgan fingerprint density at radius 3 is 2.29 bits per heavy atom. The Morgan fingerprint density at radius 1 is 0.816 bits per heavy atom. The van der Waals surface area contributed by atoms with Gasteiger partial charge in [-0.15, -0.1) is 0 Å². The van der Waals surface area contributed by atoms with Gasteiger partial charge in [0.25, 0.3) is 0 Å². The molecule has 192 valence electrons. The van der Waals surface area contributed by atoms with Crippen LogP contribution in [-0.4, -0.2) is 27.3 Å². The summed E-state index contributed by atoms with van der Waals surface area (Å²) in [6.07, 6.45) is 2.49. The summed E-state index contributed by atoms with van der Waals surface area (Å²) in [7, 11) is 4.30. The van der Waals surface area contributed by atoms with E-state index in [4.69, 9.17) is 23.0 Å². The molecule has 0 spiro atoms. The van der Waals surface area contributed by atoms with Crippen molar-refractivity contribution in [2.75, 3.05) is 21.3 Å². The Bertz CT molecular complexity index is 1760. The minimum atomic E-state index is -0.878. The SMILES string of the molecule is COC(=O)CC(c1coc2ccccc2c1=O)c1c(OC)ccc2c(=O)c(-c3ccc(OC)cc3)coc12. The molecule has 0 saturated carbocycles. The summed E-state index contributed by atoms with van der Waals surface area (Å²) in [6.45, 7) is 0. The first-order chi connectivity index (χ1) is 18.5. The smallest absolute Gasteiger partial charge is 0.306 e. The molecule has 0 aliphatic rings. The minimum Gasteiger partial charge on any atom is -0.497 e. The van der Waals surface area contributed by atoms with Gasteiger partial charge in [-0.2, -0.15) is 0 Å². The highest BCUT2D eigenvalue weighted by Gasteiger charge is 2.30. The van der Waals surface area contributed by atoms with Crippen LogP contribution in [0.3, 0.4) is 0 Å². The fraction of sp³-hybridized carbons (Fsp3) is 0.167. The molecule has 8 nitrogen and oxygen atoms in total. The minimum absolute atomic E-state index is 0.202. The number of esters is 1. The molecule has 0 radical (unpaired) electrons. The van der Waals surface area contributed by atoms with Gasteiger partial charge in [-0.05, 0) is 42.0 Å². The molecule has 2 heterocycles. The molecule has 0 aliphatic carbocycles. The molecule has 5 rings (SSSR count). The molecule has 0 saturated heterocycles. The van der Waals surface area contributed by atoms with Crippen molar-refractivity contribution < 1.29 is 27.8 Å². The van der Waals surface area contributed by atoms with Crippen molar-refractivity contribution in [3.05, 3.63) is 105 Å². The summed E-state index contributed by atoms with van der Waals surface area (Å²) in [4.78, 5) is 39.7. The fourth-order valence-electron chi connectivity index (χ4n) is 4.63. The van der Waals surface area contributed by atoms with Crippen molar-refractivity contribution in [3.8, 4) is 22.6 Å². The standard InChI is InChI=1S/C30H24O8/c1-34-18-10-8-17(9-11-18)22-15-38-30-20(29(22)33)12-13-25(35-2)27(30)21(14-26(31)36-3)23-16-37-24-7-5-4-6-19(24)28(23)32/h4-13,15-16,21H,14H2,1-3H3. The van der Waals surface area contributed by atoms with E-state index in [2.05, 4.69) is 0 Å². The number of hydrogen-bond acceptors (Lipinski definition) is 8. The van der Waals surface area contributed by atoms with E-state index in [1.807, 2.05) is 0 Å². The van der Waals surface area contributed by atoms with Crippen LogP contribution in [0.25, 0.3) is 33.1 Å². The largest absolute Gasteiger partial charge is 0.497 e. The summed E-state index contributed by atoms with van der Waals surface area (Å²) in [6, 6.07) is 17.1. The number of carbonyl (C=O) groups excluding carboxylic acids is 1. The van der Waals surface area contributed by atoms with E-state index in [0.29, 0.717) is 39.2 Å². The molecular weight excluding hydrogens is 488 g/mol. The molecule has 5 aromatic rings. The van der Waals surface area contributed by atoms with Crippen LogP contribution in [0.1, 0.15) is 23.5 Å². The Hall–Kier alpha value is -4.85. The maximum absolute atomic E-state index is 13.6. The van der Waals surface area contributed by atoms with Gasteiger partial charge in [-0.25, -0.2) is 0 Å². The van der Waals surface area contributed by atoms with Crippen LogP contribution in [-0.2, 0) is 9.53 Å². The molecule has 1 unspecified atom stereocenters. The van der Waals surface area contributed by atoms with E-state index in [1.54, 1.807) is 67.8 Å². The van der Waals surface area contributed by atoms with Gasteiger partial charge in [-0.3, -0.25) is 14.4 Å². The second-order valence-corrected chi connectivity index (χ2v) is 8.61. The summed E-state index contributed by atoms with van der Waals surface area (Å²) in [5, 5.41) is 0.636. The molecule has 0 fully saturated rings. The molecule has 2 aromatic heterocycles. The van der Waals surface area contributed by atoms with E-state index in [-0.39, 0.29) is 33.8 Å². The highest BCUT2D eigenvalue weighted by molar-refractivity contribution is 5.88. The van der Waals surface area contributed by atoms with Gasteiger partial charge in [0.15, 0.2) is 5.43 Å². The predicted octanol–water partition coefficient (Wildman–Crippen LogP) is 5.28. The summed E-state index contributed by atoms with van der Waals surface area (Å²) < 4.78 is 27.6. The zero-order valence-electron chi connectivity index (χ0n) is 21.0. The van der Waals surface area contributed by atoms with Crippen LogP contribution in [0.5, 0.6) is 11.5 Å². The summed E-state index contributed by atoms with van der Waals surface area (Å²) >= 11 is 0. The average molecular weight is 513 g/mol. The Morgan fingerprint density at radius 2 is 1.58 bits per heavy atom. The van der Waals surface area contributed by atoms with Crippen molar-refractivity contribution in [2.24, 2.45) is 0 Å². The van der Waals surface area contributed by atoms with Crippen LogP contribution in [0.2, 0.25) is 0 Å². The Labute approximate surface area is 217 Å². The predicted molar refractivity (Wildman–Crippen MR) is 142 cm³/mol. The van der Waals surface area contributed by atoms with Crippen molar-refractivity contribution in [3.63, 3.8) is 0 Å². The van der Waals surface area contributed by atoms with Gasteiger partial charge >= 0.3 is 5.97 Å². The first-order valence-electron chi connectivity index (χ1n) is 11.8. The second-order valence-electron chi connectivity index (χ2n) is 8.61. The molecule has 1 atom stereocenters. The van der Waals surface area contributed by atoms with E-state index in [0.717, 1.165) is 0 Å². The molecule has 3 aromatic carbocycles. The summed E-state index contributed by atoms with van der Waals surface area (Å²) in [5.74, 6) is -0.430. The molecule has 8 heteroatoms. The molecule has 0 bridgehead atoms. The lowest BCUT2D eigenvalue weighted by Gasteiger charge is -2.20. The maximum atomic E-state index is 13.6. The van der Waals surface area contributed by atoms with E-state index >= 15 is 0 Å². The highest BCUT2D eigenvalue weighted by atomic mass is 16.5. The molecule has 38 heavy (non-hydrogen) atoms. The quantitative estimate of drug-likeness (QED) is 0.271. The zero-order valence-corrected chi connectivity index (χ0v) is 21.0. The number of carbonyl (C=O) groups is 1. The Kier molecular flexibility index (Phi) is 6.70. The third kappa shape index (κ3) is 4.30. The van der Waals surface area contributed by atoms with Crippen LogP contribution < -0.4 is 20.3 Å². The van der Waals surface area contributed by atoms with Crippen molar-refractivity contribution in [2.45, 2.75) is 12.3 Å². The number of ether oxygens (including phenoxy) is 3. The van der Waals surface area contributed by atoms with Crippen LogP contribution >= 0.6 is 0 Å². The number of rotatable bonds is 7. The molecule has 0 amide bonds. The van der Waals surface area contributed by atoms with Gasteiger partial charge < -0.3 is 23.0 Å². The van der Waals surface area contributed by atoms with Crippen molar-refractivity contribution in [1.29, 1.82) is 0 Å². The third-order valence-corrected chi connectivity index (χ3v) is 6.59. The maximum Gasteiger partial charge on any atom is 0.306 e. The van der Waals surface area contributed by atoms with Crippen molar-refractivity contribution >= 4 is 27.9 Å². The lowest BCUT2D eigenvalue weighted by atomic mass is 9.86. The van der Waals surface area contributed by atoms with Gasteiger partial charge in [0.1, 0.15) is 28.9 Å². The first kappa shape index (κ1) is 24.8. The monoisotopic (exact) mass is 512 g/mol. The second kappa shape index (κ2) is 10.3. The number of para-hydroxylation sites is 1. The van der Waals surface area contributed by atoms with Crippen LogP contribution in [0.4, 0.5) is 0 Å². The van der Waals surface area contributed by atoms with E-state index < -0.39 is 11.9 Å². The third-order valence-electron chi connectivity index (χ3n) is 6.59. The first-order valence-corrected chi connectivity index (χ1v) is 11.8. The summed E-state index contributed by atoms with van der Waals surface area (Å²) in [5.41, 5.74) is 1.62. The van der Waals surface area contributed by atoms with Gasteiger partial charge in [0.2, 0.25) is 5.43 Å². The lowest BCUT2D eigenvalue weighted by molar-refractivity contribution is -0.140. The number of methoxy groups -OCH3 is 3. The van der Waals surface area contributed by atoms with Crippen LogP contribution in [0.15, 0.2) is 91.6 Å². The molecule has 0 N–H and O–H groups in total. The highest BCUT2D eigenvalue weighted by Crippen LogP contribution is 2.39. The number of fused-ring (bicyclic) bond motifs is 2. The van der Waals surface area contributed by atoms with Crippen LogP contribution in [0, 0.1) is 0 Å². The number of benzene rings is 3. The molecular formula is C30H24O8. The van der Waals surface area contributed by atoms with E-state index in [9.17, 15) is 14.4 Å². The Balaban J connectivity index is 1.76.